The molecule has 0 spiro atoms. The Morgan fingerprint density at radius 2 is 1.04 bits per heavy atom. The van der Waals surface area contributed by atoms with E-state index in [1.54, 1.807) is 0 Å². The molecule has 1 aromatic heterocycles. The van der Waals surface area contributed by atoms with Crippen molar-refractivity contribution in [2.45, 2.75) is 25.7 Å². The van der Waals surface area contributed by atoms with Gasteiger partial charge in [0.2, 0.25) is 0 Å². The molecule has 9 rings (SSSR count). The molecular formula is C47H35N3. The normalized spacial score (nSPS) is 13.6. The molecule has 2 aliphatic carbocycles. The Morgan fingerprint density at radius 1 is 0.420 bits per heavy atom. The van der Waals surface area contributed by atoms with Crippen LogP contribution in [0.3, 0.4) is 0 Å². The number of hydrogen-bond donors (Lipinski definition) is 0. The fraction of sp³-hybridized carbons (Fsp3) is 0.0851. The third-order valence-corrected chi connectivity index (χ3v) is 9.77. The molecule has 0 radical (unpaired) electrons. The van der Waals surface area contributed by atoms with Crippen LogP contribution in [0.2, 0.25) is 0 Å². The van der Waals surface area contributed by atoms with Crippen molar-refractivity contribution in [2.75, 3.05) is 0 Å². The topological polar surface area (TPSA) is 38.7 Å². The maximum Gasteiger partial charge on any atom is 0.164 e. The zero-order chi connectivity index (χ0) is 33.3. The summed E-state index contributed by atoms with van der Waals surface area (Å²) >= 11 is 0. The lowest BCUT2D eigenvalue weighted by atomic mass is 9.85. The number of fused-ring (bicyclic) bond motifs is 3. The molecule has 0 unspecified atom stereocenters. The van der Waals surface area contributed by atoms with Gasteiger partial charge in [-0.2, -0.15) is 0 Å². The first-order valence-electron chi connectivity index (χ1n) is 17.5. The average molecular weight is 642 g/mol. The molecule has 0 N–H and O–H groups in total. The molecule has 0 atom stereocenters. The average Bonchev–Trinajstić information content (AvgIpc) is 3.21. The van der Waals surface area contributed by atoms with Crippen molar-refractivity contribution in [3.05, 3.63) is 175 Å². The van der Waals surface area contributed by atoms with Crippen LogP contribution in [-0.2, 0) is 6.42 Å². The van der Waals surface area contributed by atoms with Gasteiger partial charge >= 0.3 is 0 Å². The van der Waals surface area contributed by atoms with Gasteiger partial charge in [0.15, 0.2) is 17.5 Å². The number of hydrogen-bond acceptors (Lipinski definition) is 3. The molecule has 3 nitrogen and oxygen atoms in total. The second kappa shape index (κ2) is 13.0. The summed E-state index contributed by atoms with van der Waals surface area (Å²) in [5, 5.41) is 2.60. The zero-order valence-corrected chi connectivity index (χ0v) is 27.8. The van der Waals surface area contributed by atoms with Crippen molar-refractivity contribution in [2.24, 2.45) is 0 Å². The van der Waals surface area contributed by atoms with Crippen molar-refractivity contribution in [1.82, 2.24) is 15.0 Å². The molecule has 0 bridgehead atoms. The SMILES string of the molecule is C1=CC(c2nc(-c3ccccc3)nc(-c3cc(-c4ccccc4)cc(-c4cccc(-c5cc6ccccc6c6c5CCC=C6)c4)c3)n2)=CCC1. The van der Waals surface area contributed by atoms with E-state index in [1.165, 1.54) is 33.0 Å². The van der Waals surface area contributed by atoms with Crippen LogP contribution < -0.4 is 0 Å². The van der Waals surface area contributed by atoms with E-state index in [9.17, 15) is 0 Å². The minimum Gasteiger partial charge on any atom is -0.208 e. The van der Waals surface area contributed by atoms with Gasteiger partial charge in [0, 0.05) is 16.7 Å². The van der Waals surface area contributed by atoms with E-state index in [1.807, 2.05) is 18.2 Å². The van der Waals surface area contributed by atoms with Gasteiger partial charge in [0.1, 0.15) is 0 Å². The smallest absolute Gasteiger partial charge is 0.164 e. The number of aromatic nitrogens is 3. The Bertz CT molecular complexity index is 2470. The molecular weight excluding hydrogens is 607 g/mol. The Balaban J connectivity index is 1.22. The van der Waals surface area contributed by atoms with Gasteiger partial charge in [0.05, 0.1) is 0 Å². The van der Waals surface area contributed by atoms with Crippen LogP contribution in [0.4, 0.5) is 0 Å². The number of nitrogens with zero attached hydrogens (tertiary/aromatic N) is 3. The summed E-state index contributed by atoms with van der Waals surface area (Å²) in [5.74, 6) is 2.04. The van der Waals surface area contributed by atoms with Crippen molar-refractivity contribution in [3.63, 3.8) is 0 Å². The van der Waals surface area contributed by atoms with Crippen molar-refractivity contribution >= 4 is 22.4 Å². The van der Waals surface area contributed by atoms with Crippen LogP contribution in [0.15, 0.2) is 158 Å². The lowest BCUT2D eigenvalue weighted by molar-refractivity contribution is 0.992. The van der Waals surface area contributed by atoms with Crippen LogP contribution in [0, 0.1) is 0 Å². The van der Waals surface area contributed by atoms with E-state index in [0.717, 1.165) is 64.6 Å². The van der Waals surface area contributed by atoms with Gasteiger partial charge in [-0.05, 0) is 111 Å². The van der Waals surface area contributed by atoms with Crippen LogP contribution in [0.5, 0.6) is 0 Å². The Labute approximate surface area is 293 Å². The lowest BCUT2D eigenvalue weighted by Crippen LogP contribution is -2.03. The highest BCUT2D eigenvalue weighted by molar-refractivity contribution is 5.98. The molecule has 7 aromatic rings. The summed E-state index contributed by atoms with van der Waals surface area (Å²) < 4.78 is 0. The van der Waals surface area contributed by atoms with Gasteiger partial charge in [-0.3, -0.25) is 0 Å². The first-order valence-corrected chi connectivity index (χ1v) is 17.5. The molecule has 0 saturated heterocycles. The van der Waals surface area contributed by atoms with Gasteiger partial charge in [-0.25, -0.2) is 15.0 Å². The van der Waals surface area contributed by atoms with Crippen LogP contribution in [0.1, 0.15) is 36.2 Å². The maximum atomic E-state index is 5.12. The summed E-state index contributed by atoms with van der Waals surface area (Å²) in [4.78, 5) is 15.2. The monoisotopic (exact) mass is 641 g/mol. The molecule has 2 aliphatic rings. The van der Waals surface area contributed by atoms with E-state index in [2.05, 4.69) is 146 Å². The molecule has 0 saturated carbocycles. The summed E-state index contributed by atoms with van der Waals surface area (Å²) in [6, 6.07) is 47.7. The Kier molecular flexibility index (Phi) is 7.79. The molecule has 0 amide bonds. The minimum absolute atomic E-state index is 0.666. The van der Waals surface area contributed by atoms with E-state index in [4.69, 9.17) is 15.0 Å². The van der Waals surface area contributed by atoms with Crippen molar-refractivity contribution in [1.29, 1.82) is 0 Å². The summed E-state index contributed by atoms with van der Waals surface area (Å²) in [6.07, 6.45) is 15.3. The van der Waals surface area contributed by atoms with Crippen molar-refractivity contribution < 1.29 is 0 Å². The first-order chi connectivity index (χ1) is 24.8. The second-order valence-corrected chi connectivity index (χ2v) is 13.0. The lowest BCUT2D eigenvalue weighted by Gasteiger charge is -2.19. The predicted molar refractivity (Wildman–Crippen MR) is 208 cm³/mol. The second-order valence-electron chi connectivity index (χ2n) is 13.0. The molecule has 1 heterocycles. The molecule has 3 heteroatoms. The fourth-order valence-corrected chi connectivity index (χ4v) is 7.28. The van der Waals surface area contributed by atoms with Crippen molar-refractivity contribution in [3.8, 4) is 56.2 Å². The molecule has 6 aromatic carbocycles. The van der Waals surface area contributed by atoms with Crippen LogP contribution in [-0.4, -0.2) is 15.0 Å². The molecule has 50 heavy (non-hydrogen) atoms. The molecule has 0 fully saturated rings. The fourth-order valence-electron chi connectivity index (χ4n) is 7.28. The third kappa shape index (κ3) is 5.77. The van der Waals surface area contributed by atoms with Gasteiger partial charge in [-0.15, -0.1) is 0 Å². The highest BCUT2D eigenvalue weighted by Crippen LogP contribution is 2.39. The van der Waals surface area contributed by atoms with Gasteiger partial charge in [-0.1, -0.05) is 134 Å². The Morgan fingerprint density at radius 3 is 1.84 bits per heavy atom. The number of rotatable bonds is 6. The van der Waals surface area contributed by atoms with Gasteiger partial charge < -0.3 is 0 Å². The quantitative estimate of drug-likeness (QED) is 0.181. The third-order valence-electron chi connectivity index (χ3n) is 9.77. The Hall–Kier alpha value is -6.19. The largest absolute Gasteiger partial charge is 0.208 e. The summed E-state index contributed by atoms with van der Waals surface area (Å²) in [7, 11) is 0. The van der Waals surface area contributed by atoms with E-state index >= 15 is 0 Å². The number of allylic oxidation sites excluding steroid dienone is 5. The first kappa shape index (κ1) is 29.9. The minimum atomic E-state index is 0.666. The van der Waals surface area contributed by atoms with Gasteiger partial charge in [0.25, 0.3) is 0 Å². The molecule has 0 aliphatic heterocycles. The highest BCUT2D eigenvalue weighted by Gasteiger charge is 2.18. The van der Waals surface area contributed by atoms with Crippen LogP contribution in [0.25, 0.3) is 78.6 Å². The van der Waals surface area contributed by atoms with E-state index in [-0.39, 0.29) is 0 Å². The van der Waals surface area contributed by atoms with Crippen LogP contribution >= 0.6 is 0 Å². The predicted octanol–water partition coefficient (Wildman–Crippen LogP) is 12.1. The zero-order valence-electron chi connectivity index (χ0n) is 27.8. The standard InChI is InChI=1S/C47H35N3/c1-4-15-32(16-5-1)38-28-39(35-22-14-23-36(27-35)44-31-37-21-10-11-24-41(37)42-25-12-13-26-43(42)44)30-40(29-38)47-49-45(33-17-6-2-7-18-33)48-46(50-47)34-19-8-3-9-20-34/h1-2,4-8,10-12,14-25,27-31H,3,9,13,26H2. The van der Waals surface area contributed by atoms with E-state index in [0.29, 0.717) is 17.5 Å². The molecule has 238 valence electrons. The van der Waals surface area contributed by atoms with E-state index < -0.39 is 0 Å². The summed E-state index contributed by atoms with van der Waals surface area (Å²) in [6.45, 7) is 0. The summed E-state index contributed by atoms with van der Waals surface area (Å²) in [5.41, 5.74) is 12.9. The number of benzene rings is 6. The highest BCUT2D eigenvalue weighted by atomic mass is 15.0. The maximum absolute atomic E-state index is 5.12.